The second-order valence-corrected chi connectivity index (χ2v) is 9.05. The summed E-state index contributed by atoms with van der Waals surface area (Å²) in [5, 5.41) is 0. The molecule has 0 spiro atoms. The molecule has 5 heteroatoms. The van der Waals surface area contributed by atoms with E-state index < -0.39 is 14.2 Å². The van der Waals surface area contributed by atoms with Crippen LogP contribution in [0.5, 0.6) is 0 Å². The SMILES string of the molecule is CC(OOC(N)=O)[Si](C)(C)C. The van der Waals surface area contributed by atoms with E-state index in [4.69, 9.17) is 10.6 Å². The van der Waals surface area contributed by atoms with Crippen molar-refractivity contribution in [1.82, 2.24) is 0 Å². The molecule has 0 radical (unpaired) electrons. The lowest BCUT2D eigenvalue weighted by Gasteiger charge is -2.22. The summed E-state index contributed by atoms with van der Waals surface area (Å²) in [5.41, 5.74) is 4.68. The molecule has 11 heavy (non-hydrogen) atoms. The van der Waals surface area contributed by atoms with E-state index in [1.54, 1.807) is 0 Å². The Bertz CT molecular complexity index is 143. The Balaban J connectivity index is 3.70. The van der Waals surface area contributed by atoms with Crippen LogP contribution in [0.1, 0.15) is 6.92 Å². The Kier molecular flexibility index (Phi) is 3.54. The third-order valence-corrected chi connectivity index (χ3v) is 4.03. The van der Waals surface area contributed by atoms with Crippen LogP contribution in [0.2, 0.25) is 19.6 Å². The van der Waals surface area contributed by atoms with Gasteiger partial charge in [0.05, 0.1) is 13.8 Å². The first-order valence-corrected chi connectivity index (χ1v) is 7.04. The van der Waals surface area contributed by atoms with E-state index in [9.17, 15) is 4.79 Å². The van der Waals surface area contributed by atoms with Crippen LogP contribution in [0.4, 0.5) is 4.79 Å². The fraction of sp³-hybridized carbons (Fsp3) is 0.833. The second kappa shape index (κ2) is 3.73. The van der Waals surface area contributed by atoms with Crippen LogP contribution in [0.25, 0.3) is 0 Å². The predicted octanol–water partition coefficient (Wildman–Crippen LogP) is 1.28. The van der Waals surface area contributed by atoms with Gasteiger partial charge in [0.1, 0.15) is 0 Å². The van der Waals surface area contributed by atoms with Gasteiger partial charge in [0, 0.05) is 0 Å². The molecule has 2 N–H and O–H groups in total. The average molecular weight is 177 g/mol. The fourth-order valence-electron chi connectivity index (χ4n) is 0.264. The molecule has 0 heterocycles. The molecule has 0 aromatic heterocycles. The van der Waals surface area contributed by atoms with E-state index in [1.165, 1.54) is 0 Å². The van der Waals surface area contributed by atoms with Gasteiger partial charge in [0.2, 0.25) is 0 Å². The van der Waals surface area contributed by atoms with Gasteiger partial charge in [-0.15, -0.1) is 0 Å². The lowest BCUT2D eigenvalue weighted by atomic mass is 10.9. The highest BCUT2D eigenvalue weighted by Crippen LogP contribution is 2.10. The van der Waals surface area contributed by atoms with E-state index in [1.807, 2.05) is 6.92 Å². The number of carbonyl (C=O) groups is 1. The zero-order valence-electron chi connectivity index (χ0n) is 7.38. The Labute approximate surface area is 67.6 Å². The maximum atomic E-state index is 10.1. The number of hydrogen-bond donors (Lipinski definition) is 1. The first kappa shape index (κ1) is 10.4. The van der Waals surface area contributed by atoms with Gasteiger partial charge in [0.25, 0.3) is 0 Å². The van der Waals surface area contributed by atoms with Crippen LogP contribution in [0.3, 0.4) is 0 Å². The molecule has 1 amide bonds. The van der Waals surface area contributed by atoms with Crippen LogP contribution >= 0.6 is 0 Å². The number of nitrogens with two attached hydrogens (primary N) is 1. The molecular formula is C6H15NO3Si. The van der Waals surface area contributed by atoms with Crippen molar-refractivity contribution in [3.63, 3.8) is 0 Å². The van der Waals surface area contributed by atoms with Crippen molar-refractivity contribution >= 4 is 14.2 Å². The Morgan fingerprint density at radius 2 is 1.91 bits per heavy atom. The Morgan fingerprint density at radius 3 is 2.18 bits per heavy atom. The summed E-state index contributed by atoms with van der Waals surface area (Å²) in [6.07, 6.45) is -0.893. The first-order chi connectivity index (χ1) is 4.84. The third-order valence-electron chi connectivity index (χ3n) is 1.49. The summed E-state index contributed by atoms with van der Waals surface area (Å²) in [6, 6.07) is 0. The number of carbonyl (C=O) groups excluding carboxylic acids is 1. The Morgan fingerprint density at radius 1 is 1.45 bits per heavy atom. The molecule has 1 unspecified atom stereocenters. The minimum absolute atomic E-state index is 0.0324. The normalized spacial score (nSPS) is 14.2. The molecule has 0 saturated carbocycles. The fourth-order valence-corrected chi connectivity index (χ4v) is 0.601. The van der Waals surface area contributed by atoms with Crippen molar-refractivity contribution < 1.29 is 14.6 Å². The lowest BCUT2D eigenvalue weighted by molar-refractivity contribution is -0.248. The van der Waals surface area contributed by atoms with Crippen molar-refractivity contribution in [3.05, 3.63) is 0 Å². The van der Waals surface area contributed by atoms with Crippen LogP contribution in [-0.4, -0.2) is 19.9 Å². The highest BCUT2D eigenvalue weighted by Gasteiger charge is 2.25. The molecule has 0 bridgehead atoms. The van der Waals surface area contributed by atoms with Gasteiger partial charge in [-0.05, 0) is 6.92 Å². The topological polar surface area (TPSA) is 61.6 Å². The average Bonchev–Trinajstić information content (AvgIpc) is 1.80. The second-order valence-electron chi connectivity index (χ2n) is 3.51. The summed E-state index contributed by atoms with van der Waals surface area (Å²) < 4.78 is 0. The summed E-state index contributed by atoms with van der Waals surface area (Å²) >= 11 is 0. The van der Waals surface area contributed by atoms with Gasteiger partial charge in [-0.2, -0.15) is 4.89 Å². The van der Waals surface area contributed by atoms with Gasteiger partial charge in [-0.3, -0.25) is 4.89 Å². The molecular weight excluding hydrogens is 162 g/mol. The molecule has 0 aliphatic heterocycles. The van der Waals surface area contributed by atoms with Gasteiger partial charge in [-0.25, -0.2) is 4.79 Å². The van der Waals surface area contributed by atoms with Crippen molar-refractivity contribution in [2.45, 2.75) is 32.3 Å². The van der Waals surface area contributed by atoms with Crippen molar-refractivity contribution in [2.75, 3.05) is 0 Å². The number of amides is 1. The van der Waals surface area contributed by atoms with E-state index in [0.717, 1.165) is 0 Å². The molecule has 1 atom stereocenters. The molecule has 0 saturated heterocycles. The first-order valence-electron chi connectivity index (χ1n) is 3.47. The summed E-state index contributed by atoms with van der Waals surface area (Å²) in [7, 11) is -1.38. The minimum Gasteiger partial charge on any atom is -0.333 e. The smallest absolute Gasteiger partial charge is 0.333 e. The van der Waals surface area contributed by atoms with Gasteiger partial charge >= 0.3 is 6.09 Å². The third kappa shape index (κ3) is 4.80. The monoisotopic (exact) mass is 177 g/mol. The number of rotatable bonds is 3. The van der Waals surface area contributed by atoms with Crippen LogP contribution < -0.4 is 5.73 Å². The quantitative estimate of drug-likeness (QED) is 0.401. The number of hydrogen-bond acceptors (Lipinski definition) is 3. The molecule has 0 aromatic carbocycles. The molecule has 4 nitrogen and oxygen atoms in total. The Hall–Kier alpha value is -0.553. The highest BCUT2D eigenvalue weighted by molar-refractivity contribution is 6.77. The van der Waals surface area contributed by atoms with Crippen molar-refractivity contribution in [1.29, 1.82) is 0 Å². The molecule has 0 aliphatic carbocycles. The van der Waals surface area contributed by atoms with Gasteiger partial charge in [0.15, 0.2) is 0 Å². The van der Waals surface area contributed by atoms with Gasteiger partial charge < -0.3 is 5.73 Å². The number of primary amides is 1. The van der Waals surface area contributed by atoms with E-state index in [-0.39, 0.29) is 5.73 Å². The largest absolute Gasteiger partial charge is 0.436 e. The van der Waals surface area contributed by atoms with E-state index in [0.29, 0.717) is 0 Å². The van der Waals surface area contributed by atoms with E-state index in [2.05, 4.69) is 24.5 Å². The molecule has 66 valence electrons. The summed E-state index contributed by atoms with van der Waals surface area (Å²) in [4.78, 5) is 19.1. The van der Waals surface area contributed by atoms with Crippen molar-refractivity contribution in [3.8, 4) is 0 Å². The maximum absolute atomic E-state index is 10.1. The molecule has 0 rings (SSSR count). The summed E-state index contributed by atoms with van der Waals surface area (Å²) in [5.74, 6) is 0. The molecule has 0 aliphatic rings. The zero-order chi connectivity index (χ0) is 9.07. The van der Waals surface area contributed by atoms with Crippen LogP contribution in [0, 0.1) is 0 Å². The van der Waals surface area contributed by atoms with Crippen LogP contribution in [0.15, 0.2) is 0 Å². The predicted molar refractivity (Wildman–Crippen MR) is 44.6 cm³/mol. The van der Waals surface area contributed by atoms with Crippen molar-refractivity contribution in [2.24, 2.45) is 5.73 Å². The maximum Gasteiger partial charge on any atom is 0.436 e. The standard InChI is InChI=1S/C6H15NO3Si/c1-5(11(2,3)4)9-10-6(7)8/h5H,1-4H3,(H2,7,8). The molecule has 0 aromatic rings. The van der Waals surface area contributed by atoms with E-state index >= 15 is 0 Å². The zero-order valence-corrected chi connectivity index (χ0v) is 8.38. The minimum atomic E-state index is -1.38. The lowest BCUT2D eigenvalue weighted by Crippen LogP contribution is -2.38. The van der Waals surface area contributed by atoms with Gasteiger partial charge in [-0.1, -0.05) is 19.6 Å². The van der Waals surface area contributed by atoms with Crippen LogP contribution in [-0.2, 0) is 9.78 Å². The molecule has 0 fully saturated rings. The highest BCUT2D eigenvalue weighted by atomic mass is 28.3. The summed E-state index contributed by atoms with van der Waals surface area (Å²) in [6.45, 7) is 8.21.